The maximum Gasteiger partial charge on any atom is 0.306 e. The van der Waals surface area contributed by atoms with Crippen LogP contribution in [0.1, 0.15) is 34.8 Å². The fourth-order valence-electron chi connectivity index (χ4n) is 2.78. The number of rotatable bonds is 8. The Kier molecular flexibility index (Phi) is 6.36. The molecule has 138 valence electrons. The van der Waals surface area contributed by atoms with Crippen molar-refractivity contribution in [2.45, 2.75) is 25.5 Å². The van der Waals surface area contributed by atoms with E-state index in [4.69, 9.17) is 9.47 Å². The third kappa shape index (κ3) is 4.83. The highest BCUT2D eigenvalue weighted by molar-refractivity contribution is 5.95. The van der Waals surface area contributed by atoms with E-state index in [2.05, 4.69) is 5.32 Å². The third-order valence-corrected chi connectivity index (χ3v) is 4.10. The number of carbonyl (C=O) groups excluding carboxylic acids is 1. The Bertz CT molecular complexity index is 789. The first-order valence-corrected chi connectivity index (χ1v) is 8.14. The topological polar surface area (TPSA) is 84.9 Å². The van der Waals surface area contributed by atoms with Crippen LogP contribution in [0.3, 0.4) is 0 Å². The van der Waals surface area contributed by atoms with Gasteiger partial charge in [0, 0.05) is 12.7 Å². The largest absolute Gasteiger partial charge is 0.497 e. The minimum atomic E-state index is -1.09. The van der Waals surface area contributed by atoms with Gasteiger partial charge in [0.25, 0.3) is 5.91 Å². The van der Waals surface area contributed by atoms with Crippen LogP contribution in [0.15, 0.2) is 48.5 Å². The van der Waals surface area contributed by atoms with Crippen molar-refractivity contribution in [3.63, 3.8) is 0 Å². The number of carboxylic acid groups (broad SMARTS) is 1. The Labute approximate surface area is 152 Å². The molecule has 1 unspecified atom stereocenters. The van der Waals surface area contributed by atoms with Gasteiger partial charge < -0.3 is 19.9 Å². The molecule has 2 rings (SSSR count). The first kappa shape index (κ1) is 19.5. The fraction of sp³-hybridized carbons (Fsp3) is 0.300. The van der Waals surface area contributed by atoms with E-state index in [-0.39, 0.29) is 12.3 Å². The van der Waals surface area contributed by atoms with Crippen LogP contribution >= 0.6 is 0 Å². The number of methoxy groups -OCH3 is 2. The number of hydrogen-bond acceptors (Lipinski definition) is 4. The summed E-state index contributed by atoms with van der Waals surface area (Å²) in [5.74, 6) is -0.770. The molecule has 0 aliphatic carbocycles. The summed E-state index contributed by atoms with van der Waals surface area (Å²) < 4.78 is 10.3. The molecule has 0 aliphatic heterocycles. The van der Waals surface area contributed by atoms with E-state index in [0.717, 1.165) is 5.56 Å². The predicted octanol–water partition coefficient (Wildman–Crippen LogP) is 2.96. The van der Waals surface area contributed by atoms with Crippen molar-refractivity contribution in [1.82, 2.24) is 5.32 Å². The Morgan fingerprint density at radius 2 is 1.85 bits per heavy atom. The average molecular weight is 357 g/mol. The zero-order valence-corrected chi connectivity index (χ0v) is 15.1. The molecule has 6 heteroatoms. The first-order valence-electron chi connectivity index (χ1n) is 8.14. The van der Waals surface area contributed by atoms with Gasteiger partial charge in [0.15, 0.2) is 0 Å². The highest BCUT2D eigenvalue weighted by atomic mass is 16.5. The van der Waals surface area contributed by atoms with E-state index in [1.54, 1.807) is 56.5 Å². The maximum absolute atomic E-state index is 12.7. The van der Waals surface area contributed by atoms with E-state index >= 15 is 0 Å². The summed E-state index contributed by atoms with van der Waals surface area (Å²) in [5, 5.41) is 12.2. The molecule has 0 saturated heterocycles. The molecule has 0 aromatic heterocycles. The Morgan fingerprint density at radius 1 is 1.12 bits per heavy atom. The molecular formula is C20H23NO5. The summed E-state index contributed by atoms with van der Waals surface area (Å²) >= 11 is 0. The number of aliphatic carboxylic acids is 1. The highest BCUT2D eigenvalue weighted by Gasteiger charge is 2.32. The molecule has 0 spiro atoms. The molecule has 0 heterocycles. The number of benzene rings is 2. The van der Waals surface area contributed by atoms with Crippen LogP contribution in [0.2, 0.25) is 0 Å². The molecule has 0 fully saturated rings. The number of amides is 1. The number of carboxylic acids is 1. The van der Waals surface area contributed by atoms with Crippen molar-refractivity contribution in [2.75, 3.05) is 14.2 Å². The van der Waals surface area contributed by atoms with Gasteiger partial charge in [-0.15, -0.1) is 0 Å². The minimum Gasteiger partial charge on any atom is -0.497 e. The smallest absolute Gasteiger partial charge is 0.306 e. The van der Waals surface area contributed by atoms with E-state index in [1.807, 2.05) is 6.07 Å². The molecule has 2 aromatic rings. The quantitative estimate of drug-likeness (QED) is 0.759. The number of nitrogens with one attached hydrogen (secondary N) is 1. The fourth-order valence-corrected chi connectivity index (χ4v) is 2.78. The second kappa shape index (κ2) is 8.49. The van der Waals surface area contributed by atoms with Crippen LogP contribution in [-0.2, 0) is 21.7 Å². The normalized spacial score (nSPS) is 12.9. The lowest BCUT2D eigenvalue weighted by molar-refractivity contribution is -0.138. The molecule has 6 nitrogen and oxygen atoms in total. The van der Waals surface area contributed by atoms with Crippen molar-refractivity contribution in [3.8, 4) is 5.75 Å². The zero-order chi connectivity index (χ0) is 19.2. The summed E-state index contributed by atoms with van der Waals surface area (Å²) in [6.07, 6.45) is -0.260. The van der Waals surface area contributed by atoms with Crippen LogP contribution in [0.4, 0.5) is 0 Å². The zero-order valence-electron chi connectivity index (χ0n) is 15.1. The maximum atomic E-state index is 12.7. The molecule has 2 aromatic carbocycles. The van der Waals surface area contributed by atoms with E-state index in [9.17, 15) is 14.7 Å². The lowest BCUT2D eigenvalue weighted by Crippen LogP contribution is -2.45. The van der Waals surface area contributed by atoms with Gasteiger partial charge in [-0.2, -0.15) is 0 Å². The van der Waals surface area contributed by atoms with Crippen LogP contribution in [-0.4, -0.2) is 31.2 Å². The Morgan fingerprint density at radius 3 is 2.50 bits per heavy atom. The Balaban J connectivity index is 2.33. The molecule has 0 aliphatic rings. The monoisotopic (exact) mass is 357 g/mol. The molecule has 2 N–H and O–H groups in total. The lowest BCUT2D eigenvalue weighted by atomic mass is 9.88. The van der Waals surface area contributed by atoms with Crippen molar-refractivity contribution in [3.05, 3.63) is 65.2 Å². The van der Waals surface area contributed by atoms with Gasteiger partial charge in [-0.05, 0) is 42.3 Å². The minimum absolute atomic E-state index is 0.260. The van der Waals surface area contributed by atoms with Crippen molar-refractivity contribution in [2.24, 2.45) is 0 Å². The third-order valence-electron chi connectivity index (χ3n) is 4.10. The van der Waals surface area contributed by atoms with Gasteiger partial charge in [-0.1, -0.05) is 24.3 Å². The Hall–Kier alpha value is -2.86. The number of ether oxygens (including phenoxy) is 2. The van der Waals surface area contributed by atoms with Gasteiger partial charge in [-0.25, -0.2) is 0 Å². The number of carbonyl (C=O) groups is 2. The van der Waals surface area contributed by atoms with Crippen LogP contribution in [0, 0.1) is 0 Å². The average Bonchev–Trinajstić information content (AvgIpc) is 2.61. The van der Waals surface area contributed by atoms with E-state index < -0.39 is 11.5 Å². The van der Waals surface area contributed by atoms with Crippen LogP contribution in [0.5, 0.6) is 5.75 Å². The summed E-state index contributed by atoms with van der Waals surface area (Å²) in [6, 6.07) is 14.1. The highest BCUT2D eigenvalue weighted by Crippen LogP contribution is 2.28. The van der Waals surface area contributed by atoms with Gasteiger partial charge in [0.1, 0.15) is 5.75 Å². The van der Waals surface area contributed by atoms with Crippen LogP contribution in [0.25, 0.3) is 0 Å². The molecule has 26 heavy (non-hydrogen) atoms. The molecule has 0 bridgehead atoms. The second-order valence-electron chi connectivity index (χ2n) is 6.22. The molecule has 0 saturated carbocycles. The van der Waals surface area contributed by atoms with Crippen molar-refractivity contribution >= 4 is 11.9 Å². The summed E-state index contributed by atoms with van der Waals surface area (Å²) in [6.45, 7) is 2.08. The molecule has 0 radical (unpaired) electrons. The molecule has 1 atom stereocenters. The van der Waals surface area contributed by atoms with Gasteiger partial charge in [0.05, 0.1) is 25.7 Å². The molecule has 1 amide bonds. The van der Waals surface area contributed by atoms with Crippen molar-refractivity contribution < 1.29 is 24.2 Å². The van der Waals surface area contributed by atoms with Crippen LogP contribution < -0.4 is 10.1 Å². The first-order chi connectivity index (χ1) is 12.4. The van der Waals surface area contributed by atoms with Gasteiger partial charge in [-0.3, -0.25) is 9.59 Å². The van der Waals surface area contributed by atoms with E-state index in [1.165, 1.54) is 7.11 Å². The number of hydrogen-bond donors (Lipinski definition) is 2. The lowest BCUT2D eigenvalue weighted by Gasteiger charge is -2.30. The van der Waals surface area contributed by atoms with Gasteiger partial charge >= 0.3 is 5.97 Å². The van der Waals surface area contributed by atoms with Crippen molar-refractivity contribution in [1.29, 1.82) is 0 Å². The van der Waals surface area contributed by atoms with Gasteiger partial charge in [0.2, 0.25) is 0 Å². The SMILES string of the molecule is COCc1cccc(C(=O)NC(C)(CC(=O)O)c2cccc(OC)c2)c1. The summed E-state index contributed by atoms with van der Waals surface area (Å²) in [7, 11) is 3.12. The van der Waals surface area contributed by atoms with E-state index in [0.29, 0.717) is 23.5 Å². The predicted molar refractivity (Wildman–Crippen MR) is 97.2 cm³/mol. The second-order valence-corrected chi connectivity index (χ2v) is 6.22. The standard InChI is InChI=1S/C20H23NO5/c1-20(12-18(22)23,16-8-5-9-17(11-16)26-3)21-19(24)15-7-4-6-14(10-15)13-25-2/h4-11H,12-13H2,1-3H3,(H,21,24)(H,22,23). The molecular weight excluding hydrogens is 334 g/mol. The summed E-state index contributed by atoms with van der Waals surface area (Å²) in [5.41, 5.74) is 0.871. The summed E-state index contributed by atoms with van der Waals surface area (Å²) in [4.78, 5) is 24.2.